The summed E-state index contributed by atoms with van der Waals surface area (Å²) < 4.78 is 33.3. The largest absolute Gasteiger partial charge is 0.494 e. The summed E-state index contributed by atoms with van der Waals surface area (Å²) in [6.45, 7) is 4.73. The fourth-order valence-corrected chi connectivity index (χ4v) is 5.64. The molecule has 0 unspecified atom stereocenters. The lowest BCUT2D eigenvalue weighted by Gasteiger charge is -2.18. The van der Waals surface area contributed by atoms with Gasteiger partial charge in [-0.1, -0.05) is 63.4 Å². The van der Waals surface area contributed by atoms with Crippen LogP contribution in [0.1, 0.15) is 56.3 Å². The molecule has 1 heterocycles. The number of amides is 1. The predicted molar refractivity (Wildman–Crippen MR) is 160 cm³/mol. The standard InChI is InChI=1S/C30H36N4O4S/c1-4-6-10-19-39(36,37)34-21-16-17-26(27(20-21)38-3)33-28-22-12-8-9-15-25(22)32-29-23(28)13-11-14-24(29)30(35)31-18-7-5-2/h8-9,11-17,20,34H,4-7,10,18-19H2,1-3H3,(H,31,35)(H,32,33). The molecule has 0 aliphatic carbocycles. The first-order valence-corrected chi connectivity index (χ1v) is 15.1. The summed E-state index contributed by atoms with van der Waals surface area (Å²) in [6.07, 6.45) is 4.33. The number of aromatic nitrogens is 1. The Morgan fingerprint density at radius 2 is 1.69 bits per heavy atom. The Balaban J connectivity index is 1.73. The maximum atomic E-state index is 13.0. The number of hydrogen-bond acceptors (Lipinski definition) is 6. The number of ether oxygens (including phenoxy) is 1. The minimum atomic E-state index is -3.45. The molecule has 206 valence electrons. The number of carbonyl (C=O) groups is 1. The zero-order chi connectivity index (χ0) is 27.8. The number of hydrogen-bond donors (Lipinski definition) is 3. The van der Waals surface area contributed by atoms with Gasteiger partial charge in [-0.2, -0.15) is 0 Å². The van der Waals surface area contributed by atoms with Crippen LogP contribution in [0, 0.1) is 0 Å². The second-order valence-corrected chi connectivity index (χ2v) is 11.3. The summed E-state index contributed by atoms with van der Waals surface area (Å²) >= 11 is 0. The lowest BCUT2D eigenvalue weighted by Crippen LogP contribution is -2.24. The summed E-state index contributed by atoms with van der Waals surface area (Å²) in [5.41, 5.74) is 3.73. The van der Waals surface area contributed by atoms with Gasteiger partial charge in [-0.25, -0.2) is 13.4 Å². The van der Waals surface area contributed by atoms with Crippen molar-refractivity contribution in [2.75, 3.05) is 29.4 Å². The molecule has 0 aliphatic heterocycles. The van der Waals surface area contributed by atoms with Crippen molar-refractivity contribution < 1.29 is 17.9 Å². The minimum Gasteiger partial charge on any atom is -0.494 e. The fourth-order valence-electron chi connectivity index (χ4n) is 4.47. The van der Waals surface area contributed by atoms with Gasteiger partial charge in [0, 0.05) is 23.4 Å². The Morgan fingerprint density at radius 3 is 2.46 bits per heavy atom. The maximum absolute atomic E-state index is 13.0. The lowest BCUT2D eigenvalue weighted by atomic mass is 10.0. The molecule has 1 amide bonds. The lowest BCUT2D eigenvalue weighted by molar-refractivity contribution is 0.0954. The normalized spacial score (nSPS) is 11.5. The van der Waals surface area contributed by atoms with Crippen LogP contribution in [-0.2, 0) is 10.0 Å². The average molecular weight is 549 g/mol. The Bertz CT molecular complexity index is 1570. The average Bonchev–Trinajstić information content (AvgIpc) is 2.93. The highest BCUT2D eigenvalue weighted by molar-refractivity contribution is 7.92. The quantitative estimate of drug-likeness (QED) is 0.128. The highest BCUT2D eigenvalue weighted by Crippen LogP contribution is 2.38. The highest BCUT2D eigenvalue weighted by atomic mass is 32.2. The summed E-state index contributed by atoms with van der Waals surface area (Å²) in [7, 11) is -1.91. The first-order chi connectivity index (χ1) is 18.9. The fraction of sp³-hybridized carbons (Fsp3) is 0.333. The molecule has 0 saturated heterocycles. The van der Waals surface area contributed by atoms with E-state index in [0.717, 1.165) is 47.7 Å². The second-order valence-electron chi connectivity index (χ2n) is 9.48. The minimum absolute atomic E-state index is 0.0759. The highest BCUT2D eigenvalue weighted by Gasteiger charge is 2.18. The Labute approximate surface area is 230 Å². The van der Waals surface area contributed by atoms with Crippen LogP contribution in [0.2, 0.25) is 0 Å². The van der Waals surface area contributed by atoms with E-state index in [2.05, 4.69) is 22.3 Å². The monoisotopic (exact) mass is 548 g/mol. The molecule has 4 rings (SSSR count). The van der Waals surface area contributed by atoms with Gasteiger partial charge in [0.15, 0.2) is 0 Å². The molecule has 0 aliphatic rings. The van der Waals surface area contributed by atoms with Crippen molar-refractivity contribution in [1.29, 1.82) is 0 Å². The molecule has 0 saturated carbocycles. The molecule has 3 aromatic carbocycles. The van der Waals surface area contributed by atoms with Crippen LogP contribution in [0.15, 0.2) is 60.7 Å². The third-order valence-corrected chi connectivity index (χ3v) is 7.90. The molecular weight excluding hydrogens is 512 g/mol. The van der Waals surface area contributed by atoms with Gasteiger partial charge < -0.3 is 15.4 Å². The van der Waals surface area contributed by atoms with Gasteiger partial charge >= 0.3 is 0 Å². The second kappa shape index (κ2) is 12.8. The first kappa shape index (κ1) is 28.2. The summed E-state index contributed by atoms with van der Waals surface area (Å²) in [4.78, 5) is 17.9. The number of benzene rings is 3. The van der Waals surface area contributed by atoms with E-state index in [0.29, 0.717) is 41.2 Å². The van der Waals surface area contributed by atoms with Crippen LogP contribution in [-0.4, -0.2) is 38.7 Å². The number of pyridine rings is 1. The van der Waals surface area contributed by atoms with E-state index in [1.165, 1.54) is 0 Å². The number of rotatable bonds is 13. The number of para-hydroxylation sites is 2. The number of unbranched alkanes of at least 4 members (excludes halogenated alkanes) is 3. The molecule has 9 heteroatoms. The summed E-state index contributed by atoms with van der Waals surface area (Å²) in [5.74, 6) is 0.397. The SMILES string of the molecule is CCCCCS(=O)(=O)Nc1ccc(Nc2c3ccccc3nc3c(C(=O)NCCCC)cccc23)c(OC)c1. The maximum Gasteiger partial charge on any atom is 0.253 e. The van der Waals surface area contributed by atoms with Crippen LogP contribution >= 0.6 is 0 Å². The van der Waals surface area contributed by atoms with Crippen LogP contribution in [0.25, 0.3) is 21.8 Å². The van der Waals surface area contributed by atoms with E-state index in [9.17, 15) is 13.2 Å². The summed E-state index contributed by atoms with van der Waals surface area (Å²) in [6, 6.07) is 18.5. The topological polar surface area (TPSA) is 109 Å². The smallest absolute Gasteiger partial charge is 0.253 e. The van der Waals surface area contributed by atoms with Crippen molar-refractivity contribution in [1.82, 2.24) is 10.3 Å². The molecular formula is C30H36N4O4S. The molecule has 0 radical (unpaired) electrons. The van der Waals surface area contributed by atoms with Crippen molar-refractivity contribution in [3.8, 4) is 5.75 Å². The van der Waals surface area contributed by atoms with Gasteiger partial charge in [0.1, 0.15) is 5.75 Å². The molecule has 0 bridgehead atoms. The molecule has 1 aromatic heterocycles. The van der Waals surface area contributed by atoms with Crippen LogP contribution < -0.4 is 20.1 Å². The van der Waals surface area contributed by atoms with Crippen molar-refractivity contribution in [3.63, 3.8) is 0 Å². The Kier molecular flexibility index (Phi) is 9.24. The van der Waals surface area contributed by atoms with Crippen LogP contribution in [0.4, 0.5) is 17.1 Å². The molecule has 0 fully saturated rings. The van der Waals surface area contributed by atoms with Crippen molar-refractivity contribution >= 4 is 54.8 Å². The number of anilines is 3. The van der Waals surface area contributed by atoms with E-state index in [1.54, 1.807) is 31.4 Å². The van der Waals surface area contributed by atoms with E-state index in [1.807, 2.05) is 43.3 Å². The van der Waals surface area contributed by atoms with Crippen LogP contribution in [0.5, 0.6) is 5.75 Å². The number of methoxy groups -OCH3 is 1. The summed E-state index contributed by atoms with van der Waals surface area (Å²) in [5, 5.41) is 8.16. The number of fused-ring (bicyclic) bond motifs is 2. The van der Waals surface area contributed by atoms with E-state index >= 15 is 0 Å². The molecule has 39 heavy (non-hydrogen) atoms. The molecule has 0 atom stereocenters. The number of nitrogens with one attached hydrogen (secondary N) is 3. The van der Waals surface area contributed by atoms with Crippen molar-refractivity contribution in [2.24, 2.45) is 0 Å². The van der Waals surface area contributed by atoms with E-state index < -0.39 is 10.0 Å². The van der Waals surface area contributed by atoms with Gasteiger partial charge in [0.05, 0.1) is 46.5 Å². The van der Waals surface area contributed by atoms with Gasteiger partial charge in [-0.3, -0.25) is 9.52 Å². The van der Waals surface area contributed by atoms with Crippen molar-refractivity contribution in [2.45, 2.75) is 46.0 Å². The zero-order valence-electron chi connectivity index (χ0n) is 22.7. The molecule has 4 aromatic rings. The Morgan fingerprint density at radius 1 is 0.923 bits per heavy atom. The van der Waals surface area contributed by atoms with Gasteiger partial charge in [-0.05, 0) is 37.1 Å². The van der Waals surface area contributed by atoms with Crippen molar-refractivity contribution in [3.05, 3.63) is 66.2 Å². The molecule has 3 N–H and O–H groups in total. The van der Waals surface area contributed by atoms with E-state index in [4.69, 9.17) is 9.72 Å². The first-order valence-electron chi connectivity index (χ1n) is 13.4. The zero-order valence-corrected chi connectivity index (χ0v) is 23.5. The number of nitrogens with zero attached hydrogens (tertiary/aromatic N) is 1. The third kappa shape index (κ3) is 6.78. The third-order valence-electron chi connectivity index (χ3n) is 6.52. The molecule has 0 spiro atoms. The van der Waals surface area contributed by atoms with Gasteiger partial charge in [0.25, 0.3) is 5.91 Å². The Hall–Kier alpha value is -3.85. The van der Waals surface area contributed by atoms with E-state index in [-0.39, 0.29) is 11.7 Å². The predicted octanol–water partition coefficient (Wildman–Crippen LogP) is 6.60. The van der Waals surface area contributed by atoms with Crippen LogP contribution in [0.3, 0.4) is 0 Å². The van der Waals surface area contributed by atoms with Gasteiger partial charge in [-0.15, -0.1) is 0 Å². The number of sulfonamides is 1. The van der Waals surface area contributed by atoms with Gasteiger partial charge in [0.2, 0.25) is 10.0 Å². The molecule has 8 nitrogen and oxygen atoms in total. The number of carbonyl (C=O) groups excluding carboxylic acids is 1.